The molecular formula is C33H42N4O7S. The fourth-order valence-corrected chi connectivity index (χ4v) is 6.41. The van der Waals surface area contributed by atoms with Crippen LogP contribution in [-0.4, -0.2) is 55.3 Å². The summed E-state index contributed by atoms with van der Waals surface area (Å²) in [5, 5.41) is -0.231. The zero-order valence-electron chi connectivity index (χ0n) is 26.9. The van der Waals surface area contributed by atoms with Gasteiger partial charge in [-0.05, 0) is 89.8 Å². The van der Waals surface area contributed by atoms with Crippen LogP contribution < -0.4 is 10.6 Å². The van der Waals surface area contributed by atoms with Gasteiger partial charge in [0.1, 0.15) is 23.6 Å². The van der Waals surface area contributed by atoms with Crippen LogP contribution in [0.4, 0.5) is 10.6 Å². The number of carbonyl (C=O) groups excluding carboxylic acids is 2. The minimum atomic E-state index is -4.37. The van der Waals surface area contributed by atoms with E-state index in [1.807, 2.05) is 24.3 Å². The Labute approximate surface area is 265 Å². The smallest absolute Gasteiger partial charge is 0.416 e. The van der Waals surface area contributed by atoms with Crippen LogP contribution in [0.5, 0.6) is 0 Å². The van der Waals surface area contributed by atoms with Crippen LogP contribution in [0.1, 0.15) is 71.2 Å². The Kier molecular flexibility index (Phi) is 9.44. The Bertz CT molecular complexity index is 1630. The minimum Gasteiger partial charge on any atom is -0.459 e. The zero-order chi connectivity index (χ0) is 33.3. The number of amides is 1. The molecule has 2 heterocycles. The van der Waals surface area contributed by atoms with E-state index < -0.39 is 44.5 Å². The summed E-state index contributed by atoms with van der Waals surface area (Å²) in [7, 11) is -2.69. The van der Waals surface area contributed by atoms with E-state index in [2.05, 4.69) is 9.97 Å². The first-order valence-electron chi connectivity index (χ1n) is 14.7. The van der Waals surface area contributed by atoms with Crippen molar-refractivity contribution in [3.63, 3.8) is 0 Å². The monoisotopic (exact) mass is 638 g/mol. The SMILES string of the molecule is COC1(c2ccc(CC(N)(c3cccc(N(CC(=O)OC(C)(C)C)C(=O)OC(C)(C)C)n3)S(=O)(=O)c3ccccn3)cc2)CC1. The minimum absolute atomic E-state index is 0.0372. The van der Waals surface area contributed by atoms with Crippen LogP contribution in [0.15, 0.2) is 71.9 Å². The van der Waals surface area contributed by atoms with Crippen LogP contribution in [0.2, 0.25) is 0 Å². The number of carbonyl (C=O) groups is 2. The first-order valence-corrected chi connectivity index (χ1v) is 16.2. The Hall–Kier alpha value is -3.87. The molecule has 1 aliphatic carbocycles. The maximum atomic E-state index is 14.3. The van der Waals surface area contributed by atoms with E-state index in [1.165, 1.54) is 30.5 Å². The number of pyridine rings is 2. The number of nitrogens with two attached hydrogens (primary N) is 1. The Morgan fingerprint density at radius 2 is 1.56 bits per heavy atom. The van der Waals surface area contributed by atoms with Crippen molar-refractivity contribution in [2.45, 2.75) is 87.5 Å². The summed E-state index contributed by atoms with van der Waals surface area (Å²) >= 11 is 0. The number of ether oxygens (including phenoxy) is 3. The molecule has 1 saturated carbocycles. The number of esters is 1. The van der Waals surface area contributed by atoms with Crippen molar-refractivity contribution < 1.29 is 32.2 Å². The van der Waals surface area contributed by atoms with E-state index in [4.69, 9.17) is 19.9 Å². The molecule has 11 nitrogen and oxygen atoms in total. The van der Waals surface area contributed by atoms with Gasteiger partial charge in [-0.2, -0.15) is 0 Å². The molecule has 2 aromatic heterocycles. The molecular weight excluding hydrogens is 596 g/mol. The standard InChI is InChI=1S/C33H42N4O7S/c1-30(2,3)43-28(38)22-37(29(39)44-31(4,5)6)26-12-10-11-25(36-26)33(34,45(40,41)27-13-8-9-20-35-27)21-23-14-16-24(17-15-23)32(42-7)18-19-32/h8-17,20H,18-19,21-22,34H2,1-7H3. The van der Waals surface area contributed by atoms with Gasteiger partial charge in [-0.15, -0.1) is 0 Å². The normalized spacial score (nSPS) is 15.9. The molecule has 242 valence electrons. The molecule has 3 aromatic rings. The molecule has 1 unspecified atom stereocenters. The molecule has 2 N–H and O–H groups in total. The van der Waals surface area contributed by atoms with E-state index in [0.717, 1.165) is 23.3 Å². The molecule has 0 radical (unpaired) electrons. The predicted octanol–water partition coefficient (Wildman–Crippen LogP) is 5.02. The first-order chi connectivity index (χ1) is 20.9. The van der Waals surface area contributed by atoms with Crippen molar-refractivity contribution in [1.29, 1.82) is 0 Å². The van der Waals surface area contributed by atoms with Crippen LogP contribution in [0, 0.1) is 0 Å². The summed E-state index contributed by atoms with van der Waals surface area (Å²) in [5.41, 5.74) is 6.48. The molecule has 0 aliphatic heterocycles. The van der Waals surface area contributed by atoms with E-state index in [9.17, 15) is 18.0 Å². The number of hydrogen-bond acceptors (Lipinski definition) is 10. The molecule has 1 amide bonds. The quantitative estimate of drug-likeness (QED) is 0.300. The van der Waals surface area contributed by atoms with Gasteiger partial charge in [0.05, 0.1) is 11.3 Å². The lowest BCUT2D eigenvalue weighted by atomic mass is 9.99. The average Bonchev–Trinajstić information content (AvgIpc) is 3.76. The molecule has 1 aliphatic rings. The zero-order valence-corrected chi connectivity index (χ0v) is 27.7. The van der Waals surface area contributed by atoms with Crippen LogP contribution in [0.3, 0.4) is 0 Å². The third-order valence-electron chi connectivity index (χ3n) is 7.20. The van der Waals surface area contributed by atoms with Crippen LogP contribution in [0.25, 0.3) is 0 Å². The maximum absolute atomic E-state index is 14.3. The van der Waals surface area contributed by atoms with Gasteiger partial charge in [-0.3, -0.25) is 9.69 Å². The third-order valence-corrected chi connectivity index (χ3v) is 9.30. The summed E-state index contributed by atoms with van der Waals surface area (Å²) < 4.78 is 45.2. The molecule has 4 rings (SSSR count). The first kappa shape index (κ1) is 34.0. The van der Waals surface area contributed by atoms with Gasteiger partial charge in [-0.25, -0.2) is 23.2 Å². The van der Waals surface area contributed by atoms with Gasteiger partial charge in [-0.1, -0.05) is 36.4 Å². The largest absolute Gasteiger partial charge is 0.459 e. The van der Waals surface area contributed by atoms with Gasteiger partial charge in [0.2, 0.25) is 9.84 Å². The number of rotatable bonds is 10. The fourth-order valence-electron chi connectivity index (χ4n) is 4.84. The second-order valence-corrected chi connectivity index (χ2v) is 15.3. The highest BCUT2D eigenvalue weighted by Crippen LogP contribution is 2.48. The van der Waals surface area contributed by atoms with Crippen molar-refractivity contribution >= 4 is 27.7 Å². The fraction of sp³-hybridized carbons (Fsp3) is 0.455. The Balaban J connectivity index is 1.80. The van der Waals surface area contributed by atoms with Gasteiger partial charge in [0, 0.05) is 19.7 Å². The highest BCUT2D eigenvalue weighted by atomic mass is 32.2. The molecule has 45 heavy (non-hydrogen) atoms. The van der Waals surface area contributed by atoms with E-state index in [-0.39, 0.29) is 28.6 Å². The summed E-state index contributed by atoms with van der Waals surface area (Å²) in [6, 6.07) is 16.5. The lowest BCUT2D eigenvalue weighted by molar-refractivity contribution is -0.153. The predicted molar refractivity (Wildman–Crippen MR) is 169 cm³/mol. The number of methoxy groups -OCH3 is 1. The van der Waals surface area contributed by atoms with Crippen LogP contribution in [-0.2, 0) is 45.7 Å². The van der Waals surface area contributed by atoms with E-state index in [0.29, 0.717) is 5.56 Å². The Morgan fingerprint density at radius 3 is 2.09 bits per heavy atom. The number of hydrogen-bond donors (Lipinski definition) is 1. The summed E-state index contributed by atoms with van der Waals surface area (Å²) in [5.74, 6) is -0.741. The molecule has 0 spiro atoms. The van der Waals surface area contributed by atoms with Gasteiger partial charge in [0.25, 0.3) is 0 Å². The van der Waals surface area contributed by atoms with Gasteiger partial charge < -0.3 is 19.9 Å². The van der Waals surface area contributed by atoms with Crippen molar-refractivity contribution in [3.8, 4) is 0 Å². The second-order valence-electron chi connectivity index (χ2n) is 13.2. The topological polar surface area (TPSA) is 151 Å². The molecule has 1 atom stereocenters. The van der Waals surface area contributed by atoms with Crippen molar-refractivity contribution in [1.82, 2.24) is 9.97 Å². The van der Waals surface area contributed by atoms with Crippen molar-refractivity contribution in [2.75, 3.05) is 18.6 Å². The summed E-state index contributed by atoms with van der Waals surface area (Å²) in [4.78, 5) is 33.8. The van der Waals surface area contributed by atoms with E-state index >= 15 is 0 Å². The molecule has 0 saturated heterocycles. The Morgan fingerprint density at radius 1 is 0.911 bits per heavy atom. The van der Waals surface area contributed by atoms with Gasteiger partial charge >= 0.3 is 12.1 Å². The molecule has 12 heteroatoms. The number of benzene rings is 1. The number of anilines is 1. The van der Waals surface area contributed by atoms with Crippen molar-refractivity contribution in [2.24, 2.45) is 5.73 Å². The number of nitrogens with zero attached hydrogens (tertiary/aromatic N) is 3. The number of aromatic nitrogens is 2. The highest BCUT2D eigenvalue weighted by molar-refractivity contribution is 7.92. The van der Waals surface area contributed by atoms with Crippen LogP contribution >= 0.6 is 0 Å². The summed E-state index contributed by atoms with van der Waals surface area (Å²) in [6.45, 7) is 9.66. The second kappa shape index (κ2) is 12.5. The highest BCUT2D eigenvalue weighted by Gasteiger charge is 2.47. The molecule has 0 bridgehead atoms. The molecule has 1 aromatic carbocycles. The molecule has 1 fully saturated rings. The van der Waals surface area contributed by atoms with Crippen molar-refractivity contribution in [3.05, 3.63) is 83.7 Å². The maximum Gasteiger partial charge on any atom is 0.416 e. The summed E-state index contributed by atoms with van der Waals surface area (Å²) in [6.07, 6.45) is 2.16. The lowest BCUT2D eigenvalue weighted by Gasteiger charge is -2.31. The van der Waals surface area contributed by atoms with Gasteiger partial charge in [0.15, 0.2) is 9.90 Å². The average molecular weight is 639 g/mol. The third kappa shape index (κ3) is 7.86. The lowest BCUT2D eigenvalue weighted by Crippen LogP contribution is -2.48. The number of sulfone groups is 1. The van der Waals surface area contributed by atoms with E-state index in [1.54, 1.807) is 60.8 Å².